The molecule has 0 bridgehead atoms. The molecule has 0 spiro atoms. The van der Waals surface area contributed by atoms with Gasteiger partial charge in [0.1, 0.15) is 5.69 Å². The first-order chi connectivity index (χ1) is 7.65. The maximum atomic E-state index is 10.8. The Morgan fingerprint density at radius 1 is 1.38 bits per heavy atom. The summed E-state index contributed by atoms with van der Waals surface area (Å²) < 4.78 is 0. The monoisotopic (exact) mass is 253 g/mol. The highest BCUT2D eigenvalue weighted by Crippen LogP contribution is 2.21. The highest BCUT2D eigenvalue weighted by atomic mass is 35.5. The molecule has 6 heteroatoms. The summed E-state index contributed by atoms with van der Waals surface area (Å²) in [5.74, 6) is -0.527. The predicted octanol–water partition coefficient (Wildman–Crippen LogP) is 2.64. The van der Waals surface area contributed by atoms with Crippen LogP contribution in [0.5, 0.6) is 0 Å². The molecule has 1 amide bonds. The molecule has 0 unspecified atom stereocenters. The summed E-state index contributed by atoms with van der Waals surface area (Å²) in [6.45, 7) is 0. The number of hydrogen-bond donors (Lipinski definition) is 2. The number of thiazole rings is 1. The Balaban J connectivity index is 2.14. The lowest BCUT2D eigenvalue weighted by molar-refractivity contribution is 0.0996. The number of nitrogens with zero attached hydrogens (tertiary/aromatic N) is 1. The molecule has 0 atom stereocenters. The van der Waals surface area contributed by atoms with Crippen LogP contribution >= 0.6 is 22.9 Å². The fraction of sp³-hybridized carbons (Fsp3) is 0. The van der Waals surface area contributed by atoms with Gasteiger partial charge in [0, 0.05) is 16.1 Å². The van der Waals surface area contributed by atoms with Gasteiger partial charge in [0.05, 0.1) is 0 Å². The molecule has 2 aromatic rings. The third-order valence-corrected chi connectivity index (χ3v) is 2.86. The zero-order valence-corrected chi connectivity index (χ0v) is 9.68. The van der Waals surface area contributed by atoms with Gasteiger partial charge in [-0.1, -0.05) is 11.6 Å². The van der Waals surface area contributed by atoms with Crippen molar-refractivity contribution in [1.82, 2.24) is 4.98 Å². The summed E-state index contributed by atoms with van der Waals surface area (Å²) in [4.78, 5) is 14.9. The van der Waals surface area contributed by atoms with Crippen molar-refractivity contribution in [3.63, 3.8) is 0 Å². The Morgan fingerprint density at radius 2 is 2.06 bits per heavy atom. The quantitative estimate of drug-likeness (QED) is 0.884. The summed E-state index contributed by atoms with van der Waals surface area (Å²) in [7, 11) is 0. The first-order valence-corrected chi connectivity index (χ1v) is 5.69. The van der Waals surface area contributed by atoms with Crippen LogP contribution in [0, 0.1) is 0 Å². The third kappa shape index (κ3) is 2.50. The highest BCUT2D eigenvalue weighted by molar-refractivity contribution is 7.14. The van der Waals surface area contributed by atoms with Gasteiger partial charge in [-0.05, 0) is 24.3 Å². The standard InChI is InChI=1S/C10H8ClN3OS/c11-6-1-3-7(4-2-6)13-10-14-8(5-16-10)9(12)15/h1-5H,(H2,12,15)(H,13,14). The van der Waals surface area contributed by atoms with Crippen molar-refractivity contribution >= 4 is 39.7 Å². The van der Waals surface area contributed by atoms with Crippen molar-refractivity contribution in [2.75, 3.05) is 5.32 Å². The molecule has 1 aromatic heterocycles. The second kappa shape index (κ2) is 4.51. The molecule has 4 nitrogen and oxygen atoms in total. The Kier molecular flexibility index (Phi) is 3.07. The van der Waals surface area contributed by atoms with Crippen molar-refractivity contribution < 1.29 is 4.79 Å². The molecule has 3 N–H and O–H groups in total. The van der Waals surface area contributed by atoms with Gasteiger partial charge in [-0.15, -0.1) is 11.3 Å². The maximum absolute atomic E-state index is 10.8. The van der Waals surface area contributed by atoms with Gasteiger partial charge in [-0.3, -0.25) is 4.79 Å². The first-order valence-electron chi connectivity index (χ1n) is 4.43. The van der Waals surface area contributed by atoms with E-state index < -0.39 is 5.91 Å². The van der Waals surface area contributed by atoms with Crippen molar-refractivity contribution in [2.24, 2.45) is 5.73 Å². The molecule has 0 aliphatic carbocycles. The number of carbonyl (C=O) groups excluding carboxylic acids is 1. The van der Waals surface area contributed by atoms with Gasteiger partial charge in [0.25, 0.3) is 5.91 Å². The molecule has 1 heterocycles. The number of aromatic nitrogens is 1. The molecular weight excluding hydrogens is 246 g/mol. The zero-order valence-electron chi connectivity index (χ0n) is 8.11. The number of carbonyl (C=O) groups is 1. The lowest BCUT2D eigenvalue weighted by atomic mass is 10.3. The number of anilines is 2. The fourth-order valence-electron chi connectivity index (χ4n) is 1.10. The second-order valence-electron chi connectivity index (χ2n) is 3.03. The molecule has 0 aliphatic rings. The minimum Gasteiger partial charge on any atom is -0.364 e. The minimum atomic E-state index is -0.527. The van der Waals surface area contributed by atoms with Crippen molar-refractivity contribution in [1.29, 1.82) is 0 Å². The lowest BCUT2D eigenvalue weighted by Crippen LogP contribution is -2.11. The van der Waals surface area contributed by atoms with Crippen LogP contribution in [0.2, 0.25) is 5.02 Å². The molecule has 2 rings (SSSR count). The Labute approximate surface area is 101 Å². The summed E-state index contributed by atoms with van der Waals surface area (Å²) >= 11 is 7.08. The van der Waals surface area contributed by atoms with Gasteiger partial charge < -0.3 is 11.1 Å². The first kappa shape index (κ1) is 10.9. The van der Waals surface area contributed by atoms with Gasteiger partial charge in [0.2, 0.25) is 0 Å². The van der Waals surface area contributed by atoms with E-state index in [1.54, 1.807) is 17.5 Å². The smallest absolute Gasteiger partial charge is 0.268 e. The number of nitrogens with one attached hydrogen (secondary N) is 1. The zero-order chi connectivity index (χ0) is 11.5. The Morgan fingerprint density at radius 3 is 2.62 bits per heavy atom. The van der Waals surface area contributed by atoms with E-state index in [0.29, 0.717) is 10.2 Å². The highest BCUT2D eigenvalue weighted by Gasteiger charge is 2.06. The number of halogens is 1. The van der Waals surface area contributed by atoms with Crippen molar-refractivity contribution in [3.8, 4) is 0 Å². The average molecular weight is 254 g/mol. The number of nitrogens with two attached hydrogens (primary N) is 1. The van der Waals surface area contributed by atoms with Crippen LogP contribution in [-0.2, 0) is 0 Å². The van der Waals surface area contributed by atoms with Crippen LogP contribution in [0.25, 0.3) is 0 Å². The second-order valence-corrected chi connectivity index (χ2v) is 4.33. The van der Waals surface area contributed by atoms with Gasteiger partial charge >= 0.3 is 0 Å². The van der Waals surface area contributed by atoms with Crippen molar-refractivity contribution in [3.05, 3.63) is 40.4 Å². The van der Waals surface area contributed by atoms with Crippen LogP contribution < -0.4 is 11.1 Å². The Bertz CT molecular complexity index is 509. The van der Waals surface area contributed by atoms with E-state index in [1.807, 2.05) is 12.1 Å². The summed E-state index contributed by atoms with van der Waals surface area (Å²) in [6.07, 6.45) is 0. The lowest BCUT2D eigenvalue weighted by Gasteiger charge is -2.01. The molecule has 0 saturated heterocycles. The number of rotatable bonds is 3. The largest absolute Gasteiger partial charge is 0.364 e. The van der Waals surface area contributed by atoms with E-state index in [-0.39, 0.29) is 5.69 Å². The van der Waals surface area contributed by atoms with Gasteiger partial charge in [-0.2, -0.15) is 0 Å². The van der Waals surface area contributed by atoms with Crippen LogP contribution in [0.3, 0.4) is 0 Å². The van der Waals surface area contributed by atoms with Crippen LogP contribution in [0.1, 0.15) is 10.5 Å². The predicted molar refractivity (Wildman–Crippen MR) is 65.4 cm³/mol. The van der Waals surface area contributed by atoms with Crippen LogP contribution in [0.4, 0.5) is 10.8 Å². The van der Waals surface area contributed by atoms with Gasteiger partial charge in [-0.25, -0.2) is 4.98 Å². The fourth-order valence-corrected chi connectivity index (χ4v) is 1.95. The number of primary amides is 1. The number of amides is 1. The summed E-state index contributed by atoms with van der Waals surface area (Å²) in [5.41, 5.74) is 6.22. The number of hydrogen-bond acceptors (Lipinski definition) is 4. The molecule has 0 aliphatic heterocycles. The van der Waals surface area contributed by atoms with E-state index in [0.717, 1.165) is 5.69 Å². The third-order valence-electron chi connectivity index (χ3n) is 1.85. The van der Waals surface area contributed by atoms with Gasteiger partial charge in [0.15, 0.2) is 5.13 Å². The average Bonchev–Trinajstić information content (AvgIpc) is 2.70. The van der Waals surface area contributed by atoms with E-state index in [4.69, 9.17) is 17.3 Å². The molecule has 1 aromatic carbocycles. The number of benzene rings is 1. The van der Waals surface area contributed by atoms with E-state index in [9.17, 15) is 4.79 Å². The Hall–Kier alpha value is -1.59. The minimum absolute atomic E-state index is 0.265. The SMILES string of the molecule is NC(=O)c1csc(Nc2ccc(Cl)cc2)n1. The molecule has 0 saturated carbocycles. The topological polar surface area (TPSA) is 68.0 Å². The molecular formula is C10H8ClN3OS. The maximum Gasteiger partial charge on any atom is 0.268 e. The molecule has 16 heavy (non-hydrogen) atoms. The van der Waals surface area contributed by atoms with E-state index in [1.165, 1.54) is 11.3 Å². The van der Waals surface area contributed by atoms with Crippen molar-refractivity contribution in [2.45, 2.75) is 0 Å². The summed E-state index contributed by atoms with van der Waals surface area (Å²) in [6, 6.07) is 7.19. The molecule has 0 fully saturated rings. The van der Waals surface area contributed by atoms with E-state index >= 15 is 0 Å². The molecule has 0 radical (unpaired) electrons. The van der Waals surface area contributed by atoms with Crippen LogP contribution in [-0.4, -0.2) is 10.9 Å². The van der Waals surface area contributed by atoms with E-state index in [2.05, 4.69) is 10.3 Å². The summed E-state index contributed by atoms with van der Waals surface area (Å²) in [5, 5.41) is 5.95. The van der Waals surface area contributed by atoms with Crippen LogP contribution in [0.15, 0.2) is 29.6 Å². The molecule has 82 valence electrons. The normalized spacial score (nSPS) is 10.1.